The molecule has 2 aliphatic rings. The van der Waals surface area contributed by atoms with E-state index in [9.17, 15) is 4.79 Å². The van der Waals surface area contributed by atoms with Crippen molar-refractivity contribution in [2.75, 3.05) is 32.1 Å². The Morgan fingerprint density at radius 1 is 1.14 bits per heavy atom. The van der Waals surface area contributed by atoms with Crippen molar-refractivity contribution in [2.45, 2.75) is 45.4 Å². The van der Waals surface area contributed by atoms with Gasteiger partial charge in [-0.15, -0.1) is 10.2 Å². The van der Waals surface area contributed by atoms with Crippen LogP contribution in [0, 0.1) is 13.8 Å². The fraction of sp³-hybridized carbons (Fsp3) is 0.379. The lowest BCUT2D eigenvalue weighted by Crippen LogP contribution is -2.42. The van der Waals surface area contributed by atoms with Gasteiger partial charge in [0, 0.05) is 36.1 Å². The van der Waals surface area contributed by atoms with Crippen LogP contribution in [0.3, 0.4) is 0 Å². The smallest absolute Gasteiger partial charge is 0.259 e. The van der Waals surface area contributed by atoms with Gasteiger partial charge in [-0.25, -0.2) is 4.52 Å². The molecule has 42 heavy (non-hydrogen) atoms. The molecular formula is C29H31ClN10O2. The van der Waals surface area contributed by atoms with Crippen molar-refractivity contribution in [3.8, 4) is 22.5 Å². The van der Waals surface area contributed by atoms with Crippen molar-refractivity contribution < 1.29 is 9.53 Å². The third-order valence-corrected chi connectivity index (χ3v) is 8.26. The van der Waals surface area contributed by atoms with E-state index in [2.05, 4.69) is 44.7 Å². The molecule has 13 heteroatoms. The predicted octanol–water partition coefficient (Wildman–Crippen LogP) is 4.04. The number of hydrogen-bond donors (Lipinski definition) is 1. The molecular weight excluding hydrogens is 556 g/mol. The standard InChI is InChI=1S/C29H31ClN10O2/c1-17-27(18(2)39(34-17)16-22-15-37(3)10-11-42-22)19-8-9-38-26(13-19)23(14-31-38)29(41)32-25-12-20(4-7-24(25)30)28-33-36-40(35-28)21-5-6-21/h4,7-9,12-14,21-22H,5-6,10-11,15-16H2,1-3H3,(H,32,41). The van der Waals surface area contributed by atoms with E-state index in [1.165, 1.54) is 0 Å². The second kappa shape index (κ2) is 10.6. The molecule has 0 radical (unpaired) electrons. The number of benzene rings is 1. The highest BCUT2D eigenvalue weighted by molar-refractivity contribution is 6.34. The van der Waals surface area contributed by atoms with Crippen LogP contribution in [0.5, 0.6) is 0 Å². The highest BCUT2D eigenvalue weighted by Gasteiger charge is 2.27. The second-order valence-electron chi connectivity index (χ2n) is 11.1. The summed E-state index contributed by atoms with van der Waals surface area (Å²) < 4.78 is 9.69. The third kappa shape index (κ3) is 5.06. The van der Waals surface area contributed by atoms with Gasteiger partial charge < -0.3 is 15.0 Å². The summed E-state index contributed by atoms with van der Waals surface area (Å²) in [6.07, 6.45) is 5.64. The van der Waals surface area contributed by atoms with Crippen LogP contribution in [0.1, 0.15) is 40.6 Å². The summed E-state index contributed by atoms with van der Waals surface area (Å²) in [6.45, 7) is 7.31. The van der Waals surface area contributed by atoms with Crippen LogP contribution in [-0.4, -0.2) is 83.3 Å². The summed E-state index contributed by atoms with van der Waals surface area (Å²) in [4.78, 5) is 17.4. The zero-order chi connectivity index (χ0) is 29.0. The van der Waals surface area contributed by atoms with Gasteiger partial charge in [-0.05, 0) is 74.8 Å². The van der Waals surface area contributed by atoms with Gasteiger partial charge in [0.15, 0.2) is 0 Å². The van der Waals surface area contributed by atoms with Gasteiger partial charge in [0.1, 0.15) is 0 Å². The number of carbonyl (C=O) groups excluding carboxylic acids is 1. The highest BCUT2D eigenvalue weighted by atomic mass is 35.5. The maximum Gasteiger partial charge on any atom is 0.259 e. The molecule has 1 N–H and O–H groups in total. The zero-order valence-electron chi connectivity index (χ0n) is 23.7. The Labute approximate surface area is 247 Å². The summed E-state index contributed by atoms with van der Waals surface area (Å²) >= 11 is 6.48. The van der Waals surface area contributed by atoms with Crippen LogP contribution in [0.25, 0.3) is 28.0 Å². The molecule has 0 spiro atoms. The van der Waals surface area contributed by atoms with Crippen LogP contribution >= 0.6 is 11.6 Å². The molecule has 0 bridgehead atoms. The minimum absolute atomic E-state index is 0.0912. The summed E-state index contributed by atoms with van der Waals surface area (Å²) in [5, 5.41) is 25.4. The number of pyridine rings is 1. The monoisotopic (exact) mass is 586 g/mol. The van der Waals surface area contributed by atoms with E-state index in [1.54, 1.807) is 27.6 Å². The molecule has 1 atom stereocenters. The number of aromatic nitrogens is 8. The van der Waals surface area contributed by atoms with Crippen molar-refractivity contribution >= 4 is 28.7 Å². The van der Waals surface area contributed by atoms with Crippen molar-refractivity contribution in [1.29, 1.82) is 0 Å². The molecule has 7 rings (SSSR count). The molecule has 1 saturated carbocycles. The first-order valence-electron chi connectivity index (χ1n) is 14.1. The summed E-state index contributed by atoms with van der Waals surface area (Å²) in [7, 11) is 2.11. The van der Waals surface area contributed by atoms with Crippen molar-refractivity contribution in [1.82, 2.24) is 44.5 Å². The normalized spacial score (nSPS) is 17.7. The summed E-state index contributed by atoms with van der Waals surface area (Å²) in [6, 6.07) is 9.60. The average Bonchev–Trinajstić information content (AvgIpc) is 3.42. The summed E-state index contributed by atoms with van der Waals surface area (Å²) in [5.41, 5.74) is 6.25. The van der Waals surface area contributed by atoms with Crippen LogP contribution in [-0.2, 0) is 11.3 Å². The van der Waals surface area contributed by atoms with E-state index in [0.29, 0.717) is 40.2 Å². The molecule has 4 aromatic heterocycles. The van der Waals surface area contributed by atoms with E-state index < -0.39 is 0 Å². The van der Waals surface area contributed by atoms with Gasteiger partial charge in [-0.2, -0.15) is 15.0 Å². The van der Waals surface area contributed by atoms with Gasteiger partial charge >= 0.3 is 0 Å². The van der Waals surface area contributed by atoms with Crippen molar-refractivity contribution in [3.63, 3.8) is 0 Å². The van der Waals surface area contributed by atoms with Gasteiger partial charge in [-0.1, -0.05) is 11.6 Å². The number of ether oxygens (including phenoxy) is 1. The largest absolute Gasteiger partial charge is 0.374 e. The minimum Gasteiger partial charge on any atom is -0.374 e. The number of aryl methyl sites for hydroxylation is 1. The molecule has 216 valence electrons. The SMILES string of the molecule is Cc1nn(CC2CN(C)CCO2)c(C)c1-c1ccn2ncc(C(=O)Nc3cc(-c4nnn(C5CC5)n4)ccc3Cl)c2c1. The van der Waals surface area contributed by atoms with E-state index in [-0.39, 0.29) is 12.0 Å². The van der Waals surface area contributed by atoms with Crippen LogP contribution in [0.4, 0.5) is 5.69 Å². The Morgan fingerprint density at radius 2 is 2.00 bits per heavy atom. The van der Waals surface area contributed by atoms with E-state index in [1.807, 2.05) is 36.0 Å². The number of morpholine rings is 1. The van der Waals surface area contributed by atoms with Gasteiger partial charge in [0.2, 0.25) is 5.82 Å². The van der Waals surface area contributed by atoms with E-state index >= 15 is 0 Å². The van der Waals surface area contributed by atoms with E-state index in [4.69, 9.17) is 21.4 Å². The fourth-order valence-electron chi connectivity index (χ4n) is 5.52. The number of hydrogen-bond acceptors (Lipinski definition) is 8. The molecule has 2 fully saturated rings. The van der Waals surface area contributed by atoms with Gasteiger partial charge in [0.25, 0.3) is 5.91 Å². The molecule has 5 heterocycles. The molecule has 5 aromatic rings. The van der Waals surface area contributed by atoms with E-state index in [0.717, 1.165) is 60.6 Å². The van der Waals surface area contributed by atoms with Crippen molar-refractivity contribution in [2.24, 2.45) is 0 Å². The summed E-state index contributed by atoms with van der Waals surface area (Å²) in [5.74, 6) is 0.168. The first kappa shape index (κ1) is 26.7. The van der Waals surface area contributed by atoms with Gasteiger partial charge in [0.05, 0.1) is 59.0 Å². The number of rotatable bonds is 7. The zero-order valence-corrected chi connectivity index (χ0v) is 24.4. The number of amides is 1. The number of carbonyl (C=O) groups is 1. The Hall–Kier alpha value is -4.13. The molecule has 1 saturated heterocycles. The maximum atomic E-state index is 13.5. The lowest BCUT2D eigenvalue weighted by Gasteiger charge is -2.30. The first-order valence-corrected chi connectivity index (χ1v) is 14.4. The molecule has 1 unspecified atom stereocenters. The van der Waals surface area contributed by atoms with Crippen molar-refractivity contribution in [3.05, 3.63) is 64.7 Å². The Bertz CT molecular complexity index is 1800. The quantitative estimate of drug-likeness (QED) is 0.303. The van der Waals surface area contributed by atoms with Crippen LogP contribution in [0.2, 0.25) is 5.02 Å². The fourth-order valence-corrected chi connectivity index (χ4v) is 5.69. The van der Waals surface area contributed by atoms with Crippen LogP contribution < -0.4 is 5.32 Å². The highest BCUT2D eigenvalue weighted by Crippen LogP contribution is 2.34. The third-order valence-electron chi connectivity index (χ3n) is 7.93. The number of anilines is 1. The number of nitrogens with zero attached hydrogens (tertiary/aromatic N) is 9. The average molecular weight is 587 g/mol. The minimum atomic E-state index is -0.321. The lowest BCUT2D eigenvalue weighted by molar-refractivity contribution is -0.0293. The van der Waals surface area contributed by atoms with Crippen LogP contribution in [0.15, 0.2) is 42.7 Å². The maximum absolute atomic E-state index is 13.5. The number of fused-ring (bicyclic) bond motifs is 1. The Morgan fingerprint density at radius 3 is 2.81 bits per heavy atom. The first-order chi connectivity index (χ1) is 20.3. The second-order valence-corrected chi connectivity index (χ2v) is 11.5. The number of likely N-dealkylation sites (N-methyl/N-ethyl adjacent to an activating group) is 1. The number of tetrazole rings is 1. The lowest BCUT2D eigenvalue weighted by atomic mass is 10.0. The molecule has 1 aliphatic carbocycles. The topological polar surface area (TPSA) is 120 Å². The number of nitrogens with one attached hydrogen (secondary N) is 1. The molecule has 1 aliphatic heterocycles. The molecule has 12 nitrogen and oxygen atoms in total. The molecule has 1 aromatic carbocycles. The Kier molecular flexibility index (Phi) is 6.76. The molecule has 1 amide bonds. The number of halogens is 1. The predicted molar refractivity (Wildman–Crippen MR) is 158 cm³/mol. The van der Waals surface area contributed by atoms with Gasteiger partial charge in [-0.3, -0.25) is 9.48 Å². The Balaban J connectivity index is 1.15.